The predicted octanol–water partition coefficient (Wildman–Crippen LogP) is 4.49. The van der Waals surface area contributed by atoms with E-state index in [1.165, 1.54) is 6.07 Å². The quantitative estimate of drug-likeness (QED) is 0.907. The van der Waals surface area contributed by atoms with E-state index in [0.717, 1.165) is 12.1 Å². The molecule has 0 atom stereocenters. The molecule has 0 aliphatic heterocycles. The van der Waals surface area contributed by atoms with Gasteiger partial charge in [0.1, 0.15) is 0 Å². The Balaban J connectivity index is 1.93. The van der Waals surface area contributed by atoms with Crippen LogP contribution in [-0.4, -0.2) is 11.1 Å². The average Bonchev–Trinajstić information content (AvgIpc) is 3.28. The van der Waals surface area contributed by atoms with E-state index in [1.807, 2.05) is 0 Å². The first-order valence-corrected chi connectivity index (χ1v) is 6.84. The second kappa shape index (κ2) is 4.87. The number of carboxylic acid groups (broad SMARTS) is 1. The molecule has 1 fully saturated rings. The monoisotopic (exact) mass is 306 g/mol. The molecular formula is C17H13F3O2. The summed E-state index contributed by atoms with van der Waals surface area (Å²) in [7, 11) is 0. The number of hydrogen-bond acceptors (Lipinski definition) is 1. The van der Waals surface area contributed by atoms with E-state index in [9.17, 15) is 23.1 Å². The minimum Gasteiger partial charge on any atom is -0.481 e. The fourth-order valence-corrected chi connectivity index (χ4v) is 2.61. The summed E-state index contributed by atoms with van der Waals surface area (Å²) in [6.45, 7) is 0. The molecule has 2 aromatic rings. The Morgan fingerprint density at radius 3 is 2.14 bits per heavy atom. The molecule has 2 nitrogen and oxygen atoms in total. The van der Waals surface area contributed by atoms with Crippen molar-refractivity contribution in [1.29, 1.82) is 0 Å². The van der Waals surface area contributed by atoms with Crippen molar-refractivity contribution in [2.75, 3.05) is 0 Å². The van der Waals surface area contributed by atoms with Crippen LogP contribution in [0.3, 0.4) is 0 Å². The first kappa shape index (κ1) is 14.6. The molecule has 0 aromatic heterocycles. The van der Waals surface area contributed by atoms with E-state index in [2.05, 4.69) is 0 Å². The minimum absolute atomic E-state index is 0.460. The van der Waals surface area contributed by atoms with Crippen LogP contribution >= 0.6 is 0 Å². The number of hydrogen-bond donors (Lipinski definition) is 1. The SMILES string of the molecule is O=C(O)C1(c2ccc(-c3cccc(C(F)(F)F)c3)cc2)CC1. The van der Waals surface area contributed by atoms with Crippen molar-refractivity contribution in [3.63, 3.8) is 0 Å². The molecule has 1 aliphatic carbocycles. The number of halogens is 3. The van der Waals surface area contributed by atoms with Gasteiger partial charge in [-0.05, 0) is 41.7 Å². The second-order valence-electron chi connectivity index (χ2n) is 5.54. The molecule has 22 heavy (non-hydrogen) atoms. The molecule has 0 spiro atoms. The average molecular weight is 306 g/mol. The third-order valence-electron chi connectivity index (χ3n) is 4.12. The minimum atomic E-state index is -4.38. The number of rotatable bonds is 3. The van der Waals surface area contributed by atoms with Gasteiger partial charge in [0.2, 0.25) is 0 Å². The van der Waals surface area contributed by atoms with Gasteiger partial charge in [-0.2, -0.15) is 13.2 Å². The molecule has 0 radical (unpaired) electrons. The van der Waals surface area contributed by atoms with Gasteiger partial charge in [0.25, 0.3) is 0 Å². The molecule has 0 unspecified atom stereocenters. The van der Waals surface area contributed by atoms with Crippen molar-refractivity contribution in [3.05, 3.63) is 59.7 Å². The first-order chi connectivity index (χ1) is 10.3. The summed E-state index contributed by atoms with van der Waals surface area (Å²) in [5.41, 5.74) is 0.304. The highest BCUT2D eigenvalue weighted by molar-refractivity contribution is 5.85. The van der Waals surface area contributed by atoms with Crippen LogP contribution in [0.5, 0.6) is 0 Å². The van der Waals surface area contributed by atoms with Gasteiger partial charge in [-0.1, -0.05) is 36.4 Å². The summed E-state index contributed by atoms with van der Waals surface area (Å²) < 4.78 is 38.2. The normalized spacial score (nSPS) is 16.3. The summed E-state index contributed by atoms with van der Waals surface area (Å²) in [6, 6.07) is 11.8. The molecule has 0 amide bonds. The third kappa shape index (κ3) is 2.47. The van der Waals surface area contributed by atoms with E-state index in [1.54, 1.807) is 30.3 Å². The van der Waals surface area contributed by atoms with E-state index in [-0.39, 0.29) is 0 Å². The number of carbonyl (C=O) groups is 1. The Kier molecular flexibility index (Phi) is 3.24. The molecule has 1 saturated carbocycles. The topological polar surface area (TPSA) is 37.3 Å². The molecule has 5 heteroatoms. The lowest BCUT2D eigenvalue weighted by molar-refractivity contribution is -0.140. The second-order valence-corrected chi connectivity index (χ2v) is 5.54. The predicted molar refractivity (Wildman–Crippen MR) is 75.4 cm³/mol. The van der Waals surface area contributed by atoms with Gasteiger partial charge in [0.15, 0.2) is 0 Å². The molecular weight excluding hydrogens is 293 g/mol. The Hall–Kier alpha value is -2.30. The zero-order valence-electron chi connectivity index (χ0n) is 11.5. The standard InChI is InChI=1S/C17H13F3O2/c18-17(19,20)14-3-1-2-12(10-14)11-4-6-13(7-5-11)16(8-9-16)15(21)22/h1-7,10H,8-9H2,(H,21,22). The van der Waals surface area contributed by atoms with Crippen LogP contribution in [0.1, 0.15) is 24.0 Å². The number of aliphatic carboxylic acids is 1. The number of carboxylic acids is 1. The zero-order valence-corrected chi connectivity index (χ0v) is 11.5. The maximum atomic E-state index is 12.7. The summed E-state index contributed by atoms with van der Waals surface area (Å²) in [4.78, 5) is 11.3. The molecule has 1 aliphatic rings. The van der Waals surface area contributed by atoms with Crippen LogP contribution in [0.4, 0.5) is 13.2 Å². The molecule has 0 saturated heterocycles. The Morgan fingerprint density at radius 1 is 1.00 bits per heavy atom. The summed E-state index contributed by atoms with van der Waals surface area (Å²) in [5, 5.41) is 9.24. The van der Waals surface area contributed by atoms with Crippen LogP contribution in [-0.2, 0) is 16.4 Å². The molecule has 2 aromatic carbocycles. The molecule has 3 rings (SSSR count). The van der Waals surface area contributed by atoms with Crippen LogP contribution in [0.2, 0.25) is 0 Å². The van der Waals surface area contributed by atoms with Gasteiger partial charge in [-0.3, -0.25) is 4.79 Å². The highest BCUT2D eigenvalue weighted by atomic mass is 19.4. The highest BCUT2D eigenvalue weighted by Crippen LogP contribution is 2.48. The van der Waals surface area contributed by atoms with Crippen LogP contribution in [0.15, 0.2) is 48.5 Å². The van der Waals surface area contributed by atoms with E-state index in [0.29, 0.717) is 29.5 Å². The Labute approximate surface area is 125 Å². The Bertz CT molecular complexity index is 713. The third-order valence-corrected chi connectivity index (χ3v) is 4.12. The maximum absolute atomic E-state index is 12.7. The van der Waals surface area contributed by atoms with Gasteiger partial charge in [0.05, 0.1) is 11.0 Å². The molecule has 114 valence electrons. The summed E-state index contributed by atoms with van der Waals surface area (Å²) >= 11 is 0. The smallest absolute Gasteiger partial charge is 0.416 e. The van der Waals surface area contributed by atoms with E-state index < -0.39 is 23.1 Å². The van der Waals surface area contributed by atoms with Crippen molar-refractivity contribution in [2.45, 2.75) is 24.4 Å². The fraction of sp³-hybridized carbons (Fsp3) is 0.235. The van der Waals surface area contributed by atoms with Crippen molar-refractivity contribution in [2.24, 2.45) is 0 Å². The largest absolute Gasteiger partial charge is 0.481 e. The molecule has 0 bridgehead atoms. The fourth-order valence-electron chi connectivity index (χ4n) is 2.61. The summed E-state index contributed by atoms with van der Waals surface area (Å²) in [5.74, 6) is -0.848. The lowest BCUT2D eigenvalue weighted by Gasteiger charge is -2.12. The van der Waals surface area contributed by atoms with E-state index in [4.69, 9.17) is 0 Å². The summed E-state index contributed by atoms with van der Waals surface area (Å²) in [6.07, 6.45) is -3.17. The van der Waals surface area contributed by atoms with E-state index >= 15 is 0 Å². The first-order valence-electron chi connectivity index (χ1n) is 6.84. The van der Waals surface area contributed by atoms with Gasteiger partial charge in [-0.15, -0.1) is 0 Å². The molecule has 0 heterocycles. The maximum Gasteiger partial charge on any atom is 0.416 e. The van der Waals surface area contributed by atoms with Gasteiger partial charge in [0, 0.05) is 0 Å². The van der Waals surface area contributed by atoms with Crippen LogP contribution in [0.25, 0.3) is 11.1 Å². The van der Waals surface area contributed by atoms with Gasteiger partial charge >= 0.3 is 12.1 Å². The van der Waals surface area contributed by atoms with Crippen molar-refractivity contribution in [3.8, 4) is 11.1 Å². The lowest BCUT2D eigenvalue weighted by atomic mass is 9.93. The Morgan fingerprint density at radius 2 is 1.64 bits per heavy atom. The highest BCUT2D eigenvalue weighted by Gasteiger charge is 2.51. The van der Waals surface area contributed by atoms with Gasteiger partial charge < -0.3 is 5.11 Å². The lowest BCUT2D eigenvalue weighted by Crippen LogP contribution is -2.19. The molecule has 1 N–H and O–H groups in total. The van der Waals surface area contributed by atoms with Crippen molar-refractivity contribution >= 4 is 5.97 Å². The van der Waals surface area contributed by atoms with Gasteiger partial charge in [-0.25, -0.2) is 0 Å². The zero-order chi connectivity index (χ0) is 16.0. The van der Waals surface area contributed by atoms with Crippen LogP contribution in [0, 0.1) is 0 Å². The van der Waals surface area contributed by atoms with Crippen LogP contribution < -0.4 is 0 Å². The van der Waals surface area contributed by atoms with Crippen molar-refractivity contribution < 1.29 is 23.1 Å². The number of alkyl halides is 3. The van der Waals surface area contributed by atoms with Crippen molar-refractivity contribution in [1.82, 2.24) is 0 Å². The number of benzene rings is 2.